The predicted molar refractivity (Wildman–Crippen MR) is 95.0 cm³/mol. The van der Waals surface area contributed by atoms with E-state index in [0.717, 1.165) is 45.2 Å². The first-order valence-electron chi connectivity index (χ1n) is 9.79. The van der Waals surface area contributed by atoms with Crippen LogP contribution >= 0.6 is 0 Å². The van der Waals surface area contributed by atoms with Crippen molar-refractivity contribution in [2.24, 2.45) is 11.8 Å². The molecule has 1 saturated heterocycles. The summed E-state index contributed by atoms with van der Waals surface area (Å²) >= 11 is 0. The highest BCUT2D eigenvalue weighted by Crippen LogP contribution is 2.42. The van der Waals surface area contributed by atoms with Crippen molar-refractivity contribution in [3.63, 3.8) is 0 Å². The fourth-order valence-corrected chi connectivity index (χ4v) is 4.47. The lowest BCUT2D eigenvalue weighted by Gasteiger charge is -2.25. The molecule has 1 N–H and O–H groups in total. The minimum Gasteiger partial charge on any atom is -0.480 e. The molecular formula is C19H32N2O4. The molecule has 2 aliphatic rings. The lowest BCUT2D eigenvalue weighted by molar-refractivity contribution is -0.149. The van der Waals surface area contributed by atoms with E-state index in [1.54, 1.807) is 4.90 Å². The Morgan fingerprint density at radius 2 is 1.76 bits per heavy atom. The Morgan fingerprint density at radius 1 is 1.08 bits per heavy atom. The molecule has 0 spiro atoms. The topological polar surface area (TPSA) is 77.9 Å². The molecule has 2 fully saturated rings. The number of likely N-dealkylation sites (tertiary alicyclic amines) is 1. The number of hydrogen-bond donors (Lipinski definition) is 1. The van der Waals surface area contributed by atoms with Crippen LogP contribution in [0.15, 0.2) is 0 Å². The van der Waals surface area contributed by atoms with E-state index in [1.807, 2.05) is 4.90 Å². The first-order valence-corrected chi connectivity index (χ1v) is 9.79. The van der Waals surface area contributed by atoms with E-state index in [0.29, 0.717) is 25.3 Å². The SMILES string of the molecule is CCCN(CCC)C(=O)CCCC(=O)N1CC2CCCC2C1C(=O)O. The van der Waals surface area contributed by atoms with Gasteiger partial charge in [-0.25, -0.2) is 4.79 Å². The van der Waals surface area contributed by atoms with Crippen LogP contribution in [0.3, 0.4) is 0 Å². The number of rotatable bonds is 9. The smallest absolute Gasteiger partial charge is 0.326 e. The van der Waals surface area contributed by atoms with Crippen molar-refractivity contribution in [3.8, 4) is 0 Å². The molecule has 2 rings (SSSR count). The largest absolute Gasteiger partial charge is 0.480 e. The normalized spacial score (nSPS) is 25.0. The Morgan fingerprint density at radius 3 is 2.36 bits per heavy atom. The second-order valence-corrected chi connectivity index (χ2v) is 7.42. The van der Waals surface area contributed by atoms with Gasteiger partial charge in [-0.1, -0.05) is 20.3 Å². The van der Waals surface area contributed by atoms with Gasteiger partial charge in [-0.3, -0.25) is 9.59 Å². The van der Waals surface area contributed by atoms with Crippen LogP contribution in [0.25, 0.3) is 0 Å². The first kappa shape index (κ1) is 19.7. The van der Waals surface area contributed by atoms with Gasteiger partial charge in [0.05, 0.1) is 0 Å². The number of hydrogen-bond acceptors (Lipinski definition) is 3. The van der Waals surface area contributed by atoms with Gasteiger partial charge in [0.25, 0.3) is 0 Å². The highest BCUT2D eigenvalue weighted by Gasteiger charge is 2.49. The van der Waals surface area contributed by atoms with Crippen molar-refractivity contribution >= 4 is 17.8 Å². The monoisotopic (exact) mass is 352 g/mol. The molecule has 0 bridgehead atoms. The molecule has 25 heavy (non-hydrogen) atoms. The van der Waals surface area contributed by atoms with Crippen LogP contribution < -0.4 is 0 Å². The summed E-state index contributed by atoms with van der Waals surface area (Å²) in [5, 5.41) is 9.53. The van der Waals surface area contributed by atoms with Gasteiger partial charge in [-0.2, -0.15) is 0 Å². The molecule has 6 nitrogen and oxygen atoms in total. The average Bonchev–Trinajstić information content (AvgIpc) is 3.14. The van der Waals surface area contributed by atoms with Gasteiger partial charge in [0, 0.05) is 32.5 Å². The zero-order chi connectivity index (χ0) is 18.4. The maximum absolute atomic E-state index is 12.5. The third kappa shape index (κ3) is 4.73. The van der Waals surface area contributed by atoms with Gasteiger partial charge in [-0.15, -0.1) is 0 Å². The van der Waals surface area contributed by atoms with Crippen LogP contribution in [-0.4, -0.2) is 58.4 Å². The van der Waals surface area contributed by atoms with Crippen molar-refractivity contribution < 1.29 is 19.5 Å². The fourth-order valence-electron chi connectivity index (χ4n) is 4.47. The van der Waals surface area contributed by atoms with Crippen molar-refractivity contribution in [3.05, 3.63) is 0 Å². The quantitative estimate of drug-likeness (QED) is 0.692. The van der Waals surface area contributed by atoms with Crippen LogP contribution in [-0.2, 0) is 14.4 Å². The van der Waals surface area contributed by atoms with E-state index in [9.17, 15) is 19.5 Å². The zero-order valence-electron chi connectivity index (χ0n) is 15.6. The number of carboxylic acids is 1. The molecule has 0 radical (unpaired) electrons. The summed E-state index contributed by atoms with van der Waals surface area (Å²) in [5.41, 5.74) is 0. The third-order valence-corrected chi connectivity index (χ3v) is 5.58. The fraction of sp³-hybridized carbons (Fsp3) is 0.842. The van der Waals surface area contributed by atoms with Gasteiger partial charge in [0.15, 0.2) is 0 Å². The summed E-state index contributed by atoms with van der Waals surface area (Å²) < 4.78 is 0. The van der Waals surface area contributed by atoms with Crippen molar-refractivity contribution in [1.82, 2.24) is 9.80 Å². The molecule has 0 aromatic heterocycles. The number of amides is 2. The van der Waals surface area contributed by atoms with Gasteiger partial charge >= 0.3 is 5.97 Å². The summed E-state index contributed by atoms with van der Waals surface area (Å²) in [7, 11) is 0. The van der Waals surface area contributed by atoms with E-state index in [4.69, 9.17) is 0 Å². The maximum Gasteiger partial charge on any atom is 0.326 e. The number of carbonyl (C=O) groups excluding carboxylic acids is 2. The van der Waals surface area contributed by atoms with Crippen LogP contribution in [0.2, 0.25) is 0 Å². The molecule has 6 heteroatoms. The molecule has 1 heterocycles. The highest BCUT2D eigenvalue weighted by atomic mass is 16.4. The molecule has 0 aromatic carbocycles. The molecule has 1 aliphatic carbocycles. The van der Waals surface area contributed by atoms with Crippen molar-refractivity contribution in [2.75, 3.05) is 19.6 Å². The van der Waals surface area contributed by atoms with E-state index >= 15 is 0 Å². The Hall–Kier alpha value is -1.59. The summed E-state index contributed by atoms with van der Waals surface area (Å²) in [6.45, 7) is 6.20. The molecule has 142 valence electrons. The summed E-state index contributed by atoms with van der Waals surface area (Å²) in [6, 6.07) is -0.660. The molecule has 3 unspecified atom stereocenters. The van der Waals surface area contributed by atoms with Crippen molar-refractivity contribution in [1.29, 1.82) is 0 Å². The lowest BCUT2D eigenvalue weighted by atomic mass is 9.94. The molecular weight excluding hydrogens is 320 g/mol. The average molecular weight is 352 g/mol. The van der Waals surface area contributed by atoms with E-state index < -0.39 is 12.0 Å². The Bertz CT molecular complexity index is 488. The Labute approximate surface area is 150 Å². The van der Waals surface area contributed by atoms with Gasteiger partial charge in [0.1, 0.15) is 6.04 Å². The van der Waals surface area contributed by atoms with E-state index in [-0.39, 0.29) is 24.2 Å². The lowest BCUT2D eigenvalue weighted by Crippen LogP contribution is -2.43. The molecule has 1 saturated carbocycles. The molecule has 2 amide bonds. The van der Waals surface area contributed by atoms with E-state index in [1.165, 1.54) is 0 Å². The van der Waals surface area contributed by atoms with Crippen molar-refractivity contribution in [2.45, 2.75) is 71.3 Å². The minimum atomic E-state index is -0.879. The predicted octanol–water partition coefficient (Wildman–Crippen LogP) is 2.52. The highest BCUT2D eigenvalue weighted by molar-refractivity contribution is 5.85. The van der Waals surface area contributed by atoms with Crippen LogP contribution in [0, 0.1) is 11.8 Å². The summed E-state index contributed by atoms with van der Waals surface area (Å²) in [4.78, 5) is 39.8. The molecule has 0 aromatic rings. The summed E-state index contributed by atoms with van der Waals surface area (Å²) in [6.07, 6.45) is 6.00. The second kappa shape index (κ2) is 9.20. The minimum absolute atomic E-state index is 0.101. The summed E-state index contributed by atoms with van der Waals surface area (Å²) in [5.74, 6) is -0.420. The maximum atomic E-state index is 12.5. The molecule has 1 aliphatic heterocycles. The van der Waals surface area contributed by atoms with Gasteiger partial charge < -0.3 is 14.9 Å². The zero-order valence-corrected chi connectivity index (χ0v) is 15.6. The number of fused-ring (bicyclic) bond motifs is 1. The number of carbonyl (C=O) groups is 3. The van der Waals surface area contributed by atoms with E-state index in [2.05, 4.69) is 13.8 Å². The third-order valence-electron chi connectivity index (χ3n) is 5.58. The number of carboxylic acid groups (broad SMARTS) is 1. The van der Waals surface area contributed by atoms with Crippen LogP contribution in [0.1, 0.15) is 65.2 Å². The Balaban J connectivity index is 1.83. The van der Waals surface area contributed by atoms with Gasteiger partial charge in [-0.05, 0) is 43.9 Å². The second-order valence-electron chi connectivity index (χ2n) is 7.42. The van der Waals surface area contributed by atoms with Gasteiger partial charge in [0.2, 0.25) is 11.8 Å². The van der Waals surface area contributed by atoms with Crippen LogP contribution in [0.4, 0.5) is 0 Å². The molecule has 3 atom stereocenters. The first-order chi connectivity index (χ1) is 12.0. The van der Waals surface area contributed by atoms with Crippen LogP contribution in [0.5, 0.6) is 0 Å². The number of aliphatic carboxylic acids is 1. The standard InChI is InChI=1S/C19H32N2O4/c1-3-11-20(12-4-2)16(22)9-6-10-17(23)21-13-14-7-5-8-15(14)18(21)19(24)25/h14-15,18H,3-13H2,1-2H3,(H,24,25). The Kier molecular flexibility index (Phi) is 7.26. The number of nitrogens with zero attached hydrogens (tertiary/aromatic N) is 2.